The maximum Gasteiger partial charge on any atom is 0.420 e. The molecule has 3 rings (SSSR count). The Bertz CT molecular complexity index is 886. The second-order valence-corrected chi connectivity index (χ2v) is 5.16. The van der Waals surface area contributed by atoms with Crippen LogP contribution in [0.1, 0.15) is 21.5 Å². The van der Waals surface area contributed by atoms with Crippen molar-refractivity contribution in [1.82, 2.24) is 4.57 Å². The summed E-state index contributed by atoms with van der Waals surface area (Å²) in [7, 11) is 0. The predicted octanol–water partition coefficient (Wildman–Crippen LogP) is 3.09. The minimum absolute atomic E-state index is 0.0141. The number of carbonyl (C=O) groups excluding carboxylic acids is 1. The molecule has 0 spiro atoms. The van der Waals surface area contributed by atoms with Crippen LogP contribution in [0.3, 0.4) is 0 Å². The van der Waals surface area contributed by atoms with Crippen LogP contribution in [0, 0.1) is 13.8 Å². The zero-order chi connectivity index (χ0) is 15.0. The van der Waals surface area contributed by atoms with E-state index in [2.05, 4.69) is 0 Å². The Balaban J connectivity index is 2.00. The average Bonchev–Trinajstić information content (AvgIpc) is 2.75. The molecule has 4 nitrogen and oxygen atoms in total. The summed E-state index contributed by atoms with van der Waals surface area (Å²) in [5.74, 6) is -0.601. The average molecular weight is 281 g/mol. The van der Waals surface area contributed by atoms with Crippen molar-refractivity contribution in [2.75, 3.05) is 0 Å². The van der Waals surface area contributed by atoms with Gasteiger partial charge in [-0.15, -0.1) is 0 Å². The fraction of sp³-hybridized carbons (Fsp3) is 0.176. The number of para-hydroxylation sites is 2. The number of rotatable bonds is 3. The lowest BCUT2D eigenvalue weighted by Gasteiger charge is -2.06. The lowest BCUT2D eigenvalue weighted by Crippen LogP contribution is -2.20. The number of aromatic nitrogens is 1. The number of carbonyl (C=O) groups is 1. The van der Waals surface area contributed by atoms with Crippen LogP contribution in [0.15, 0.2) is 51.7 Å². The SMILES string of the molecule is Cc1ccc(C(=O)Cn2c(=O)oc3ccccc32)c(C)c1. The summed E-state index contributed by atoms with van der Waals surface area (Å²) >= 11 is 0. The third-order valence-corrected chi connectivity index (χ3v) is 3.56. The predicted molar refractivity (Wildman–Crippen MR) is 80.7 cm³/mol. The first-order valence-electron chi connectivity index (χ1n) is 6.75. The summed E-state index contributed by atoms with van der Waals surface area (Å²) in [5.41, 5.74) is 3.80. The highest BCUT2D eigenvalue weighted by atomic mass is 16.4. The monoisotopic (exact) mass is 281 g/mol. The number of hydrogen-bond donors (Lipinski definition) is 0. The molecule has 4 heteroatoms. The third-order valence-electron chi connectivity index (χ3n) is 3.56. The number of benzene rings is 2. The fourth-order valence-electron chi connectivity index (χ4n) is 2.52. The van der Waals surface area contributed by atoms with Crippen LogP contribution < -0.4 is 5.76 Å². The van der Waals surface area contributed by atoms with Crippen molar-refractivity contribution in [3.8, 4) is 0 Å². The second kappa shape index (κ2) is 5.05. The van der Waals surface area contributed by atoms with Crippen LogP contribution in [0.4, 0.5) is 0 Å². The van der Waals surface area contributed by atoms with Gasteiger partial charge < -0.3 is 4.42 Å². The van der Waals surface area contributed by atoms with Crippen molar-refractivity contribution in [2.45, 2.75) is 20.4 Å². The number of hydrogen-bond acceptors (Lipinski definition) is 3. The number of aryl methyl sites for hydroxylation is 2. The molecule has 1 heterocycles. The Morgan fingerprint density at radius 3 is 2.67 bits per heavy atom. The summed E-state index contributed by atoms with van der Waals surface area (Å²) < 4.78 is 6.51. The summed E-state index contributed by atoms with van der Waals surface area (Å²) in [6.07, 6.45) is 0. The molecule has 0 amide bonds. The standard InChI is InChI=1S/C17H15NO3/c1-11-7-8-13(12(2)9-11)15(19)10-18-14-5-3-4-6-16(14)21-17(18)20/h3-9H,10H2,1-2H3. The van der Waals surface area contributed by atoms with Crippen LogP contribution >= 0.6 is 0 Å². The molecular formula is C17H15NO3. The van der Waals surface area contributed by atoms with E-state index in [-0.39, 0.29) is 12.3 Å². The quantitative estimate of drug-likeness (QED) is 0.693. The van der Waals surface area contributed by atoms with E-state index in [1.165, 1.54) is 4.57 Å². The molecule has 0 saturated carbocycles. The van der Waals surface area contributed by atoms with Gasteiger partial charge in [0.15, 0.2) is 11.4 Å². The van der Waals surface area contributed by atoms with E-state index in [4.69, 9.17) is 4.42 Å². The number of ketones is 1. The molecule has 1 aromatic heterocycles. The van der Waals surface area contributed by atoms with Gasteiger partial charge in [0.2, 0.25) is 0 Å². The van der Waals surface area contributed by atoms with Gasteiger partial charge in [-0.2, -0.15) is 0 Å². The van der Waals surface area contributed by atoms with Crippen molar-refractivity contribution in [2.24, 2.45) is 0 Å². The van der Waals surface area contributed by atoms with Gasteiger partial charge >= 0.3 is 5.76 Å². The Kier molecular flexibility index (Phi) is 3.22. The minimum atomic E-state index is -0.505. The van der Waals surface area contributed by atoms with Crippen LogP contribution in [-0.2, 0) is 6.54 Å². The maximum absolute atomic E-state index is 12.4. The Hall–Kier alpha value is -2.62. The number of nitrogens with zero attached hydrogens (tertiary/aromatic N) is 1. The first-order chi connectivity index (χ1) is 10.1. The van der Waals surface area contributed by atoms with E-state index in [1.807, 2.05) is 32.0 Å². The van der Waals surface area contributed by atoms with E-state index >= 15 is 0 Å². The second-order valence-electron chi connectivity index (χ2n) is 5.16. The van der Waals surface area contributed by atoms with E-state index in [0.29, 0.717) is 16.7 Å². The molecule has 0 bridgehead atoms. The zero-order valence-corrected chi connectivity index (χ0v) is 11.9. The van der Waals surface area contributed by atoms with Gasteiger partial charge in [-0.1, -0.05) is 35.9 Å². The van der Waals surface area contributed by atoms with Crippen molar-refractivity contribution < 1.29 is 9.21 Å². The molecule has 0 atom stereocenters. The van der Waals surface area contributed by atoms with Crippen molar-refractivity contribution in [1.29, 1.82) is 0 Å². The van der Waals surface area contributed by atoms with E-state index in [9.17, 15) is 9.59 Å². The fourth-order valence-corrected chi connectivity index (χ4v) is 2.52. The highest BCUT2D eigenvalue weighted by molar-refractivity contribution is 5.97. The Morgan fingerprint density at radius 1 is 1.14 bits per heavy atom. The molecule has 106 valence electrons. The minimum Gasteiger partial charge on any atom is -0.408 e. The van der Waals surface area contributed by atoms with Crippen LogP contribution in [0.5, 0.6) is 0 Å². The van der Waals surface area contributed by atoms with Crippen molar-refractivity contribution in [3.05, 3.63) is 69.7 Å². The smallest absolute Gasteiger partial charge is 0.408 e. The van der Waals surface area contributed by atoms with E-state index in [0.717, 1.165) is 11.1 Å². The molecule has 0 aliphatic rings. The Morgan fingerprint density at radius 2 is 1.90 bits per heavy atom. The molecule has 2 aromatic carbocycles. The number of Topliss-reactive ketones (excluding diaryl/α,β-unsaturated/α-hetero) is 1. The van der Waals surface area contributed by atoms with Crippen molar-refractivity contribution in [3.63, 3.8) is 0 Å². The molecule has 0 aliphatic carbocycles. The van der Waals surface area contributed by atoms with E-state index < -0.39 is 5.76 Å². The normalized spacial score (nSPS) is 11.0. The van der Waals surface area contributed by atoms with Crippen LogP contribution in [-0.4, -0.2) is 10.4 Å². The van der Waals surface area contributed by atoms with Gasteiger partial charge in [0.05, 0.1) is 12.1 Å². The zero-order valence-electron chi connectivity index (χ0n) is 11.9. The largest absolute Gasteiger partial charge is 0.420 e. The van der Waals surface area contributed by atoms with Gasteiger partial charge in [-0.3, -0.25) is 9.36 Å². The molecule has 3 aromatic rings. The summed E-state index contributed by atoms with van der Waals surface area (Å²) in [6.45, 7) is 3.87. The Labute approximate surface area is 121 Å². The number of fused-ring (bicyclic) bond motifs is 1. The van der Waals surface area contributed by atoms with Crippen LogP contribution in [0.25, 0.3) is 11.1 Å². The van der Waals surface area contributed by atoms with Crippen molar-refractivity contribution >= 4 is 16.9 Å². The third kappa shape index (κ3) is 2.40. The van der Waals surface area contributed by atoms with Crippen LogP contribution in [0.2, 0.25) is 0 Å². The lowest BCUT2D eigenvalue weighted by molar-refractivity contribution is 0.0970. The summed E-state index contributed by atoms with van der Waals surface area (Å²) in [6, 6.07) is 12.8. The topological polar surface area (TPSA) is 52.2 Å². The molecule has 0 saturated heterocycles. The first-order valence-corrected chi connectivity index (χ1v) is 6.75. The van der Waals surface area contributed by atoms with Gasteiger partial charge in [0.1, 0.15) is 0 Å². The molecular weight excluding hydrogens is 266 g/mol. The highest BCUT2D eigenvalue weighted by Gasteiger charge is 2.15. The molecule has 0 N–H and O–H groups in total. The lowest BCUT2D eigenvalue weighted by atomic mass is 10.0. The molecule has 0 radical (unpaired) electrons. The molecule has 0 unspecified atom stereocenters. The molecule has 21 heavy (non-hydrogen) atoms. The van der Waals surface area contributed by atoms with E-state index in [1.54, 1.807) is 24.3 Å². The van der Waals surface area contributed by atoms with Gasteiger partial charge in [0.25, 0.3) is 0 Å². The maximum atomic E-state index is 12.4. The summed E-state index contributed by atoms with van der Waals surface area (Å²) in [4.78, 5) is 24.3. The summed E-state index contributed by atoms with van der Waals surface area (Å²) in [5, 5.41) is 0. The highest BCUT2D eigenvalue weighted by Crippen LogP contribution is 2.15. The van der Waals surface area contributed by atoms with Gasteiger partial charge in [-0.25, -0.2) is 4.79 Å². The first kappa shape index (κ1) is 13.4. The van der Waals surface area contributed by atoms with Gasteiger partial charge in [-0.05, 0) is 31.5 Å². The number of oxazole rings is 1. The molecule has 0 fully saturated rings. The molecule has 0 aliphatic heterocycles. The van der Waals surface area contributed by atoms with Gasteiger partial charge in [0, 0.05) is 5.56 Å².